The number of piperidine rings is 1. The van der Waals surface area contributed by atoms with E-state index in [4.69, 9.17) is 9.84 Å². The summed E-state index contributed by atoms with van der Waals surface area (Å²) in [4.78, 5) is 15.7. The van der Waals surface area contributed by atoms with Gasteiger partial charge in [-0.15, -0.1) is 0 Å². The van der Waals surface area contributed by atoms with Crippen molar-refractivity contribution >= 4 is 11.6 Å². The van der Waals surface area contributed by atoms with E-state index in [0.717, 1.165) is 68.6 Å². The molecule has 0 unspecified atom stereocenters. The largest absolute Gasteiger partial charge is 0.497 e. The molecule has 0 saturated carbocycles. The van der Waals surface area contributed by atoms with Crippen LogP contribution in [0.5, 0.6) is 5.75 Å². The minimum absolute atomic E-state index is 0.0225. The van der Waals surface area contributed by atoms with E-state index in [0.29, 0.717) is 5.69 Å². The molecule has 1 amide bonds. The predicted molar refractivity (Wildman–Crippen MR) is 131 cm³/mol. The lowest BCUT2D eigenvalue weighted by molar-refractivity contribution is 0.0924. The molecular weight excluding hydrogens is 412 g/mol. The first-order valence-electron chi connectivity index (χ1n) is 12.1. The number of para-hydroxylation sites is 1. The molecule has 0 bridgehead atoms. The zero-order valence-corrected chi connectivity index (χ0v) is 19.3. The smallest absolute Gasteiger partial charge is 0.272 e. The van der Waals surface area contributed by atoms with Crippen molar-refractivity contribution in [2.45, 2.75) is 51.0 Å². The van der Waals surface area contributed by atoms with Gasteiger partial charge in [-0.25, -0.2) is 4.68 Å². The Labute approximate surface area is 195 Å². The number of fused-ring (bicyclic) bond motifs is 1. The summed E-state index contributed by atoms with van der Waals surface area (Å²) in [5.74, 6) is 0.848. The van der Waals surface area contributed by atoms with Gasteiger partial charge in [0.15, 0.2) is 5.69 Å². The van der Waals surface area contributed by atoms with Gasteiger partial charge < -0.3 is 15.0 Å². The van der Waals surface area contributed by atoms with Gasteiger partial charge in [0, 0.05) is 36.1 Å². The van der Waals surface area contributed by atoms with Crippen molar-refractivity contribution in [2.75, 3.05) is 25.1 Å². The second-order valence-corrected chi connectivity index (χ2v) is 9.01. The standard InChI is InChI=1S/C27H32N4O2/c1-33-23-14-12-21(13-15-23)30-18-16-20(17-19-30)28-27(32)26-24-10-6-3-7-11-25(24)31(29-26)22-8-4-2-5-9-22/h2,4-5,8-9,12-15,20H,3,6-7,10-11,16-19H2,1H3,(H,28,32). The van der Waals surface area contributed by atoms with Crippen molar-refractivity contribution in [1.82, 2.24) is 15.1 Å². The summed E-state index contributed by atoms with van der Waals surface area (Å²) in [5.41, 5.74) is 5.20. The third kappa shape index (κ3) is 4.61. The Hall–Kier alpha value is -3.28. The maximum Gasteiger partial charge on any atom is 0.272 e. The minimum atomic E-state index is -0.0225. The maximum absolute atomic E-state index is 13.3. The number of hydrogen-bond donors (Lipinski definition) is 1. The number of nitrogens with zero attached hydrogens (tertiary/aromatic N) is 3. The summed E-state index contributed by atoms with van der Waals surface area (Å²) in [6.45, 7) is 1.85. The zero-order chi connectivity index (χ0) is 22.6. The van der Waals surface area contributed by atoms with Gasteiger partial charge in [-0.3, -0.25) is 4.79 Å². The lowest BCUT2D eigenvalue weighted by Gasteiger charge is -2.34. The normalized spacial score (nSPS) is 16.7. The SMILES string of the molecule is COc1ccc(N2CCC(NC(=O)c3nn(-c4ccccc4)c4c3CCCCC4)CC2)cc1. The molecule has 1 fully saturated rings. The summed E-state index contributed by atoms with van der Waals surface area (Å²) < 4.78 is 7.26. The fraction of sp³-hybridized carbons (Fsp3) is 0.407. The quantitative estimate of drug-likeness (QED) is 0.587. The van der Waals surface area contributed by atoms with Crippen molar-refractivity contribution in [1.29, 1.82) is 0 Å². The molecule has 6 heteroatoms. The summed E-state index contributed by atoms with van der Waals surface area (Å²) in [7, 11) is 1.69. The molecule has 0 atom stereocenters. The first-order chi connectivity index (χ1) is 16.2. The number of rotatable bonds is 5. The highest BCUT2D eigenvalue weighted by Crippen LogP contribution is 2.27. The van der Waals surface area contributed by atoms with Crippen LogP contribution in [0.4, 0.5) is 5.69 Å². The maximum atomic E-state index is 13.3. The number of benzene rings is 2. The first kappa shape index (κ1) is 21.6. The Morgan fingerprint density at radius 1 is 0.939 bits per heavy atom. The molecule has 1 aromatic heterocycles. The van der Waals surface area contributed by atoms with E-state index < -0.39 is 0 Å². The molecule has 2 heterocycles. The van der Waals surface area contributed by atoms with Crippen molar-refractivity contribution in [3.05, 3.63) is 71.5 Å². The number of ether oxygens (including phenoxy) is 1. The molecule has 2 aliphatic rings. The fourth-order valence-electron chi connectivity index (χ4n) is 5.07. The molecule has 0 radical (unpaired) electrons. The van der Waals surface area contributed by atoms with Crippen LogP contribution in [0, 0.1) is 0 Å². The monoisotopic (exact) mass is 444 g/mol. The molecule has 172 valence electrons. The van der Waals surface area contributed by atoms with Gasteiger partial charge in [0.05, 0.1) is 12.8 Å². The van der Waals surface area contributed by atoms with Crippen LogP contribution >= 0.6 is 0 Å². The third-order valence-corrected chi connectivity index (χ3v) is 6.91. The van der Waals surface area contributed by atoms with Crippen LogP contribution in [-0.4, -0.2) is 41.9 Å². The van der Waals surface area contributed by atoms with E-state index in [1.165, 1.54) is 17.8 Å². The van der Waals surface area contributed by atoms with Crippen LogP contribution < -0.4 is 15.0 Å². The highest BCUT2D eigenvalue weighted by atomic mass is 16.5. The van der Waals surface area contributed by atoms with E-state index >= 15 is 0 Å². The van der Waals surface area contributed by atoms with Gasteiger partial charge in [0.25, 0.3) is 5.91 Å². The van der Waals surface area contributed by atoms with Crippen LogP contribution in [-0.2, 0) is 12.8 Å². The summed E-state index contributed by atoms with van der Waals surface area (Å²) in [6, 6.07) is 18.6. The number of aromatic nitrogens is 2. The second kappa shape index (κ2) is 9.69. The molecule has 1 saturated heterocycles. The number of carbonyl (C=O) groups is 1. The zero-order valence-electron chi connectivity index (χ0n) is 19.3. The molecule has 2 aromatic carbocycles. The van der Waals surface area contributed by atoms with Gasteiger partial charge >= 0.3 is 0 Å². The van der Waals surface area contributed by atoms with Crippen LogP contribution in [0.25, 0.3) is 5.69 Å². The van der Waals surface area contributed by atoms with Crippen molar-refractivity contribution < 1.29 is 9.53 Å². The second-order valence-electron chi connectivity index (χ2n) is 9.01. The van der Waals surface area contributed by atoms with Crippen LogP contribution in [0.15, 0.2) is 54.6 Å². The average molecular weight is 445 g/mol. The van der Waals surface area contributed by atoms with E-state index in [1.54, 1.807) is 7.11 Å². The molecule has 6 nitrogen and oxygen atoms in total. The number of methoxy groups -OCH3 is 1. The number of hydrogen-bond acceptors (Lipinski definition) is 4. The summed E-state index contributed by atoms with van der Waals surface area (Å²) >= 11 is 0. The number of nitrogens with one attached hydrogen (secondary N) is 1. The van der Waals surface area contributed by atoms with Crippen molar-refractivity contribution in [3.63, 3.8) is 0 Å². The van der Waals surface area contributed by atoms with Crippen molar-refractivity contribution in [2.24, 2.45) is 0 Å². The molecule has 5 rings (SSSR count). The van der Waals surface area contributed by atoms with E-state index in [1.807, 2.05) is 35.0 Å². The molecule has 1 N–H and O–H groups in total. The highest BCUT2D eigenvalue weighted by Gasteiger charge is 2.27. The van der Waals surface area contributed by atoms with Crippen molar-refractivity contribution in [3.8, 4) is 11.4 Å². The Balaban J connectivity index is 1.29. The Morgan fingerprint density at radius 2 is 1.67 bits per heavy atom. The molecule has 3 aromatic rings. The Morgan fingerprint density at radius 3 is 2.39 bits per heavy atom. The number of amides is 1. The fourth-order valence-corrected chi connectivity index (χ4v) is 5.07. The van der Waals surface area contributed by atoms with Gasteiger partial charge in [0.1, 0.15) is 5.75 Å². The Bertz CT molecular complexity index is 1080. The van der Waals surface area contributed by atoms with Crippen LogP contribution in [0.3, 0.4) is 0 Å². The van der Waals surface area contributed by atoms with Crippen LogP contribution in [0.2, 0.25) is 0 Å². The average Bonchev–Trinajstić information content (AvgIpc) is 3.06. The highest BCUT2D eigenvalue weighted by molar-refractivity contribution is 5.94. The molecule has 0 spiro atoms. The van der Waals surface area contributed by atoms with Gasteiger partial charge in [-0.2, -0.15) is 5.10 Å². The lowest BCUT2D eigenvalue weighted by Crippen LogP contribution is -2.45. The summed E-state index contributed by atoms with van der Waals surface area (Å²) in [6.07, 6.45) is 7.24. The van der Waals surface area contributed by atoms with E-state index in [2.05, 4.69) is 34.5 Å². The molecular formula is C27H32N4O2. The predicted octanol–water partition coefficient (Wildman–Crippen LogP) is 4.55. The molecule has 1 aliphatic carbocycles. The van der Waals surface area contributed by atoms with Gasteiger partial charge in [0.2, 0.25) is 0 Å². The number of anilines is 1. The lowest BCUT2D eigenvalue weighted by atomic mass is 10.0. The summed E-state index contributed by atoms with van der Waals surface area (Å²) in [5, 5.41) is 8.13. The topological polar surface area (TPSA) is 59.4 Å². The number of carbonyl (C=O) groups excluding carboxylic acids is 1. The van der Waals surface area contributed by atoms with Crippen LogP contribution in [0.1, 0.15) is 53.8 Å². The van der Waals surface area contributed by atoms with E-state index in [-0.39, 0.29) is 11.9 Å². The Kier molecular flexibility index (Phi) is 6.33. The molecule has 1 aliphatic heterocycles. The molecule has 33 heavy (non-hydrogen) atoms. The minimum Gasteiger partial charge on any atom is -0.497 e. The van der Waals surface area contributed by atoms with Gasteiger partial charge in [-0.1, -0.05) is 24.6 Å². The van der Waals surface area contributed by atoms with E-state index in [9.17, 15) is 4.79 Å². The third-order valence-electron chi connectivity index (χ3n) is 6.91. The first-order valence-corrected chi connectivity index (χ1v) is 12.1. The van der Waals surface area contributed by atoms with Gasteiger partial charge in [-0.05, 0) is 74.9 Å².